The van der Waals surface area contributed by atoms with Crippen LogP contribution >= 0.6 is 11.6 Å². The number of hydrogen-bond donors (Lipinski definition) is 1. The molecule has 0 atom stereocenters. The molecule has 2 rings (SSSR count). The first kappa shape index (κ1) is 17.3. The van der Waals surface area contributed by atoms with Gasteiger partial charge in [0, 0.05) is 13.1 Å². The molecule has 126 valence electrons. The van der Waals surface area contributed by atoms with Crippen molar-refractivity contribution in [3.63, 3.8) is 0 Å². The summed E-state index contributed by atoms with van der Waals surface area (Å²) in [7, 11) is 0. The molecule has 0 spiro atoms. The summed E-state index contributed by atoms with van der Waals surface area (Å²) in [4.78, 5) is 14.5. The topological polar surface area (TPSA) is 73.0 Å². The van der Waals surface area contributed by atoms with E-state index in [1.807, 2.05) is 6.92 Å². The van der Waals surface area contributed by atoms with Gasteiger partial charge in [0.1, 0.15) is 5.02 Å². The zero-order chi connectivity index (χ0) is 17.4. The number of fused-ring (bicyclic) bond motifs is 1. The Balaban J connectivity index is 2.85. The maximum Gasteiger partial charge on any atom is 0.418 e. The molecule has 0 bridgehead atoms. The van der Waals surface area contributed by atoms with Crippen molar-refractivity contribution in [2.45, 2.75) is 33.0 Å². The van der Waals surface area contributed by atoms with Gasteiger partial charge in [0.25, 0.3) is 0 Å². The summed E-state index contributed by atoms with van der Waals surface area (Å²) < 4.78 is 40.6. The molecule has 10 heteroatoms. The van der Waals surface area contributed by atoms with Gasteiger partial charge in [0.2, 0.25) is 5.95 Å². The molecule has 1 aromatic heterocycles. The first-order chi connectivity index (χ1) is 10.7. The SMILES string of the molecule is CCCNc1nc2cc(C(F)(F)F)c(Cl)c([N+](=O)[O-])c2n1CC. The van der Waals surface area contributed by atoms with Crippen molar-refractivity contribution in [2.24, 2.45) is 0 Å². The number of nitro groups is 1. The van der Waals surface area contributed by atoms with Crippen LogP contribution in [0.2, 0.25) is 5.02 Å². The van der Waals surface area contributed by atoms with Gasteiger partial charge in [0.15, 0.2) is 5.52 Å². The van der Waals surface area contributed by atoms with E-state index in [4.69, 9.17) is 11.6 Å². The van der Waals surface area contributed by atoms with Gasteiger partial charge in [-0.05, 0) is 19.4 Å². The lowest BCUT2D eigenvalue weighted by molar-refractivity contribution is -0.383. The minimum absolute atomic E-state index is 0.0193. The Kier molecular flexibility index (Phi) is 4.69. The van der Waals surface area contributed by atoms with Crippen LogP contribution in [0.5, 0.6) is 0 Å². The van der Waals surface area contributed by atoms with E-state index >= 15 is 0 Å². The van der Waals surface area contributed by atoms with Gasteiger partial charge in [-0.3, -0.25) is 10.1 Å². The average molecular weight is 351 g/mol. The largest absolute Gasteiger partial charge is 0.418 e. The predicted octanol–water partition coefficient (Wildman–Crippen LogP) is 4.46. The molecule has 0 unspecified atom stereocenters. The van der Waals surface area contributed by atoms with Gasteiger partial charge in [-0.15, -0.1) is 0 Å². The molecule has 0 aliphatic rings. The smallest absolute Gasteiger partial charge is 0.356 e. The molecule has 0 radical (unpaired) electrons. The Morgan fingerprint density at radius 1 is 1.43 bits per heavy atom. The molecular weight excluding hydrogens is 337 g/mol. The number of nitro benzene ring substituents is 1. The number of anilines is 1. The van der Waals surface area contributed by atoms with Crippen molar-refractivity contribution < 1.29 is 18.1 Å². The first-order valence-corrected chi connectivity index (χ1v) is 7.28. The maximum atomic E-state index is 13.1. The lowest BCUT2D eigenvalue weighted by Gasteiger charge is -2.11. The summed E-state index contributed by atoms with van der Waals surface area (Å²) >= 11 is 5.69. The molecule has 6 nitrogen and oxygen atoms in total. The Morgan fingerprint density at radius 2 is 2.09 bits per heavy atom. The van der Waals surface area contributed by atoms with E-state index in [1.54, 1.807) is 6.92 Å². The number of aromatic nitrogens is 2. The number of halogens is 4. The quantitative estimate of drug-likeness (QED) is 0.638. The highest BCUT2D eigenvalue weighted by Crippen LogP contribution is 2.44. The number of nitrogens with zero attached hydrogens (tertiary/aromatic N) is 3. The number of alkyl halides is 3. The van der Waals surface area contributed by atoms with Crippen molar-refractivity contribution >= 4 is 34.3 Å². The molecule has 0 saturated carbocycles. The Morgan fingerprint density at radius 3 is 2.57 bits per heavy atom. The van der Waals surface area contributed by atoms with E-state index in [1.165, 1.54) is 4.57 Å². The van der Waals surface area contributed by atoms with Crippen LogP contribution in [0.15, 0.2) is 6.07 Å². The second-order valence-electron chi connectivity index (χ2n) is 4.82. The lowest BCUT2D eigenvalue weighted by Crippen LogP contribution is -2.09. The van der Waals surface area contributed by atoms with Crippen LogP contribution < -0.4 is 5.32 Å². The monoisotopic (exact) mass is 350 g/mol. The molecule has 0 fully saturated rings. The summed E-state index contributed by atoms with van der Waals surface area (Å²) in [6.07, 6.45) is -4.04. The Bertz CT molecular complexity index is 758. The van der Waals surface area contributed by atoms with Crippen LogP contribution in [0.25, 0.3) is 11.0 Å². The van der Waals surface area contributed by atoms with E-state index in [0.29, 0.717) is 13.1 Å². The molecule has 0 aliphatic carbocycles. The zero-order valence-electron chi connectivity index (χ0n) is 12.4. The molecule has 2 aromatic rings. The number of nitrogens with one attached hydrogen (secondary N) is 1. The summed E-state index contributed by atoms with van der Waals surface area (Å²) in [5.41, 5.74) is -2.18. The zero-order valence-corrected chi connectivity index (χ0v) is 13.1. The van der Waals surface area contributed by atoms with Crippen molar-refractivity contribution in [1.82, 2.24) is 9.55 Å². The summed E-state index contributed by atoms with van der Waals surface area (Å²) in [5, 5.41) is 13.3. The van der Waals surface area contributed by atoms with E-state index in [-0.39, 0.29) is 17.0 Å². The fraction of sp³-hybridized carbons (Fsp3) is 0.462. The second-order valence-corrected chi connectivity index (χ2v) is 5.19. The summed E-state index contributed by atoms with van der Waals surface area (Å²) in [6, 6.07) is 0.744. The van der Waals surface area contributed by atoms with Crippen molar-refractivity contribution in [3.05, 3.63) is 26.8 Å². The molecule has 1 aromatic carbocycles. The van der Waals surface area contributed by atoms with E-state index in [0.717, 1.165) is 12.5 Å². The van der Waals surface area contributed by atoms with Crippen molar-refractivity contribution in [1.29, 1.82) is 0 Å². The molecule has 1 heterocycles. The molecule has 23 heavy (non-hydrogen) atoms. The number of benzene rings is 1. The maximum absolute atomic E-state index is 13.1. The van der Waals surface area contributed by atoms with Crippen molar-refractivity contribution in [3.8, 4) is 0 Å². The third kappa shape index (κ3) is 3.05. The predicted molar refractivity (Wildman–Crippen MR) is 80.9 cm³/mol. The minimum atomic E-state index is -4.80. The third-order valence-electron chi connectivity index (χ3n) is 3.28. The van der Waals surface area contributed by atoms with E-state index in [2.05, 4.69) is 10.3 Å². The average Bonchev–Trinajstić information content (AvgIpc) is 2.79. The van der Waals surface area contributed by atoms with Gasteiger partial charge in [-0.2, -0.15) is 13.2 Å². The van der Waals surface area contributed by atoms with Gasteiger partial charge >= 0.3 is 11.9 Å². The van der Waals surface area contributed by atoms with Gasteiger partial charge in [0.05, 0.1) is 16.0 Å². The van der Waals surface area contributed by atoms with Crippen LogP contribution in [0.3, 0.4) is 0 Å². The fourth-order valence-corrected chi connectivity index (χ4v) is 2.63. The van der Waals surface area contributed by atoms with Crippen molar-refractivity contribution in [2.75, 3.05) is 11.9 Å². The highest BCUT2D eigenvalue weighted by Gasteiger charge is 2.39. The molecule has 0 amide bonds. The second kappa shape index (κ2) is 6.23. The van der Waals surface area contributed by atoms with Crippen LogP contribution in [0.4, 0.5) is 24.8 Å². The number of aryl methyl sites for hydroxylation is 1. The highest BCUT2D eigenvalue weighted by atomic mass is 35.5. The minimum Gasteiger partial charge on any atom is -0.356 e. The molecule has 0 saturated heterocycles. The Hall–Kier alpha value is -2.03. The number of rotatable bonds is 5. The number of hydrogen-bond acceptors (Lipinski definition) is 4. The fourth-order valence-electron chi connectivity index (χ4n) is 2.31. The standard InChI is InChI=1S/C13H14ClF3N4O2/c1-3-5-18-12-19-8-6-7(13(15,16)17)9(14)11(21(22)23)10(8)20(12)4-2/h6H,3-5H2,1-2H3,(H,18,19). The van der Waals surface area contributed by atoms with Crippen LogP contribution in [-0.4, -0.2) is 21.0 Å². The van der Waals surface area contributed by atoms with Crippen LogP contribution in [-0.2, 0) is 12.7 Å². The van der Waals surface area contributed by atoms with E-state index < -0.39 is 27.4 Å². The molecule has 1 N–H and O–H groups in total. The number of imidazole rings is 1. The van der Waals surface area contributed by atoms with Gasteiger partial charge in [-0.1, -0.05) is 18.5 Å². The van der Waals surface area contributed by atoms with E-state index in [9.17, 15) is 23.3 Å². The molecular formula is C13H14ClF3N4O2. The molecule has 0 aliphatic heterocycles. The highest BCUT2D eigenvalue weighted by molar-refractivity contribution is 6.35. The first-order valence-electron chi connectivity index (χ1n) is 6.90. The summed E-state index contributed by atoms with van der Waals surface area (Å²) in [5.74, 6) is 0.280. The van der Waals surface area contributed by atoms with Crippen LogP contribution in [0.1, 0.15) is 25.8 Å². The normalized spacial score (nSPS) is 11.9. The van der Waals surface area contributed by atoms with Crippen LogP contribution in [0, 0.1) is 10.1 Å². The van der Waals surface area contributed by atoms with Gasteiger partial charge < -0.3 is 9.88 Å². The lowest BCUT2D eigenvalue weighted by atomic mass is 10.1. The summed E-state index contributed by atoms with van der Waals surface area (Å²) in [6.45, 7) is 4.46. The third-order valence-corrected chi connectivity index (χ3v) is 3.66. The van der Waals surface area contributed by atoms with Gasteiger partial charge in [-0.25, -0.2) is 4.98 Å². The Labute approximate surface area is 134 Å².